The van der Waals surface area contributed by atoms with Crippen molar-refractivity contribution in [3.63, 3.8) is 0 Å². The largest absolute Gasteiger partial charge is 0.378 e. The van der Waals surface area contributed by atoms with Crippen molar-refractivity contribution in [1.29, 1.82) is 5.26 Å². The maximum Gasteiger partial charge on any atom is 0.232 e. The second-order valence-electron chi connectivity index (χ2n) is 4.22. The summed E-state index contributed by atoms with van der Waals surface area (Å²) >= 11 is 0. The van der Waals surface area contributed by atoms with E-state index in [4.69, 9.17) is 10.00 Å². The van der Waals surface area contributed by atoms with Crippen molar-refractivity contribution >= 4 is 17.3 Å². The zero-order valence-corrected chi connectivity index (χ0v) is 9.06. The molecule has 2 aliphatic heterocycles. The third-order valence-corrected chi connectivity index (χ3v) is 3.19. The molecule has 5 nitrogen and oxygen atoms in total. The Morgan fingerprint density at radius 3 is 3.12 bits per heavy atom. The SMILES string of the molecule is N#Cc1cccc2c1NC(=O)C1COCC1N2. The van der Waals surface area contributed by atoms with E-state index in [2.05, 4.69) is 16.7 Å². The monoisotopic (exact) mass is 229 g/mol. The van der Waals surface area contributed by atoms with E-state index in [1.165, 1.54) is 0 Å². The molecule has 0 aliphatic carbocycles. The minimum Gasteiger partial charge on any atom is -0.378 e. The van der Waals surface area contributed by atoms with Gasteiger partial charge < -0.3 is 15.4 Å². The molecule has 2 N–H and O–H groups in total. The maximum atomic E-state index is 12.0. The van der Waals surface area contributed by atoms with Crippen LogP contribution in [0.1, 0.15) is 5.56 Å². The lowest BCUT2D eigenvalue weighted by Crippen LogP contribution is -2.33. The molecule has 1 fully saturated rings. The van der Waals surface area contributed by atoms with Gasteiger partial charge in [-0.1, -0.05) is 6.07 Å². The van der Waals surface area contributed by atoms with E-state index in [1.807, 2.05) is 6.07 Å². The third kappa shape index (κ3) is 1.54. The van der Waals surface area contributed by atoms with Crippen LogP contribution in [-0.4, -0.2) is 25.2 Å². The normalized spacial score (nSPS) is 25.9. The number of hydrogen-bond donors (Lipinski definition) is 2. The molecule has 3 rings (SSSR count). The lowest BCUT2D eigenvalue weighted by atomic mass is 10.0. The number of nitrogens with one attached hydrogen (secondary N) is 2. The van der Waals surface area contributed by atoms with Gasteiger partial charge in [0.05, 0.1) is 42.1 Å². The molecule has 2 heterocycles. The van der Waals surface area contributed by atoms with Gasteiger partial charge in [0, 0.05) is 0 Å². The van der Waals surface area contributed by atoms with Crippen molar-refractivity contribution < 1.29 is 9.53 Å². The second kappa shape index (κ2) is 3.75. The molecule has 2 atom stereocenters. The first-order valence-corrected chi connectivity index (χ1v) is 5.48. The Balaban J connectivity index is 2.07. The van der Waals surface area contributed by atoms with E-state index in [0.717, 1.165) is 5.69 Å². The average molecular weight is 229 g/mol. The maximum absolute atomic E-state index is 12.0. The van der Waals surface area contributed by atoms with E-state index in [-0.39, 0.29) is 17.9 Å². The number of anilines is 2. The van der Waals surface area contributed by atoms with Crippen molar-refractivity contribution in [2.24, 2.45) is 5.92 Å². The minimum atomic E-state index is -0.186. The summed E-state index contributed by atoms with van der Waals surface area (Å²) in [5, 5.41) is 15.1. The molecular formula is C12H11N3O2. The zero-order chi connectivity index (χ0) is 11.8. The Morgan fingerprint density at radius 2 is 2.29 bits per heavy atom. The van der Waals surface area contributed by atoms with Gasteiger partial charge in [0.2, 0.25) is 5.91 Å². The quantitative estimate of drug-likeness (QED) is 0.694. The highest BCUT2D eigenvalue weighted by Gasteiger charge is 2.37. The Hall–Kier alpha value is -2.06. The molecule has 86 valence electrons. The number of fused-ring (bicyclic) bond motifs is 2. The van der Waals surface area contributed by atoms with Crippen molar-refractivity contribution in [3.8, 4) is 6.07 Å². The highest BCUT2D eigenvalue weighted by molar-refractivity contribution is 5.99. The van der Waals surface area contributed by atoms with Crippen LogP contribution >= 0.6 is 0 Å². The standard InChI is InChI=1S/C12H11N3O2/c13-4-7-2-1-3-9-11(7)15-12(16)8-5-17-6-10(8)14-9/h1-3,8,10,14H,5-6H2,(H,15,16). The predicted octanol–water partition coefficient (Wildman–Crippen LogP) is 0.937. The lowest BCUT2D eigenvalue weighted by molar-refractivity contribution is -0.119. The highest BCUT2D eigenvalue weighted by atomic mass is 16.5. The second-order valence-corrected chi connectivity index (χ2v) is 4.22. The summed E-state index contributed by atoms with van der Waals surface area (Å²) in [4.78, 5) is 12.0. The van der Waals surface area contributed by atoms with Crippen molar-refractivity contribution in [1.82, 2.24) is 0 Å². The topological polar surface area (TPSA) is 74.2 Å². The van der Waals surface area contributed by atoms with Crippen molar-refractivity contribution in [2.45, 2.75) is 6.04 Å². The number of carbonyl (C=O) groups excluding carboxylic acids is 1. The first-order valence-electron chi connectivity index (χ1n) is 5.48. The van der Waals surface area contributed by atoms with Crippen LogP contribution in [0.15, 0.2) is 18.2 Å². The summed E-state index contributed by atoms with van der Waals surface area (Å²) in [6.45, 7) is 0.952. The molecule has 0 aromatic heterocycles. The molecule has 17 heavy (non-hydrogen) atoms. The van der Waals surface area contributed by atoms with E-state index in [9.17, 15) is 4.79 Å². The summed E-state index contributed by atoms with van der Waals surface area (Å²) in [5.41, 5.74) is 1.84. The number of amides is 1. The van der Waals surface area contributed by atoms with Crippen LogP contribution in [0, 0.1) is 17.2 Å². The van der Waals surface area contributed by atoms with E-state index >= 15 is 0 Å². The summed E-state index contributed by atoms with van der Waals surface area (Å²) in [5.74, 6) is -0.268. The molecule has 1 amide bonds. The number of ether oxygens (including phenoxy) is 1. The molecule has 5 heteroatoms. The fraction of sp³-hybridized carbons (Fsp3) is 0.333. The van der Waals surface area contributed by atoms with Crippen LogP contribution in [0.5, 0.6) is 0 Å². The highest BCUT2D eigenvalue weighted by Crippen LogP contribution is 2.32. The number of nitrogens with zero attached hydrogens (tertiary/aromatic N) is 1. The van der Waals surface area contributed by atoms with Gasteiger partial charge in [0.25, 0.3) is 0 Å². The fourth-order valence-corrected chi connectivity index (χ4v) is 2.27. The molecule has 2 aliphatic rings. The van der Waals surface area contributed by atoms with E-state index < -0.39 is 0 Å². The van der Waals surface area contributed by atoms with E-state index in [1.54, 1.807) is 12.1 Å². The summed E-state index contributed by atoms with van der Waals surface area (Å²) in [6, 6.07) is 7.42. The Kier molecular flexibility index (Phi) is 2.23. The molecule has 0 saturated carbocycles. The van der Waals surface area contributed by atoms with Gasteiger partial charge in [-0.2, -0.15) is 5.26 Å². The molecule has 1 aromatic rings. The molecular weight excluding hydrogens is 218 g/mol. The van der Waals surface area contributed by atoms with Crippen LogP contribution in [0.25, 0.3) is 0 Å². The van der Waals surface area contributed by atoms with Crippen LogP contribution in [0.4, 0.5) is 11.4 Å². The fourth-order valence-electron chi connectivity index (χ4n) is 2.27. The number of nitriles is 1. The molecule has 0 radical (unpaired) electrons. The van der Waals surface area contributed by atoms with Crippen LogP contribution < -0.4 is 10.6 Å². The molecule has 0 bridgehead atoms. The van der Waals surface area contributed by atoms with Gasteiger partial charge in [0.15, 0.2) is 0 Å². The van der Waals surface area contributed by atoms with Crippen LogP contribution in [0.3, 0.4) is 0 Å². The summed E-state index contributed by atoms with van der Waals surface area (Å²) in [7, 11) is 0. The molecule has 0 spiro atoms. The van der Waals surface area contributed by atoms with Crippen molar-refractivity contribution in [3.05, 3.63) is 23.8 Å². The summed E-state index contributed by atoms with van der Waals surface area (Å²) in [6.07, 6.45) is 0. The number of hydrogen-bond acceptors (Lipinski definition) is 4. The van der Waals surface area contributed by atoms with E-state index in [0.29, 0.717) is 24.5 Å². The lowest BCUT2D eigenvalue weighted by Gasteiger charge is -2.14. The zero-order valence-electron chi connectivity index (χ0n) is 9.06. The van der Waals surface area contributed by atoms with Gasteiger partial charge >= 0.3 is 0 Å². The molecule has 1 saturated heterocycles. The summed E-state index contributed by atoms with van der Waals surface area (Å²) < 4.78 is 5.30. The average Bonchev–Trinajstić information content (AvgIpc) is 2.74. The first-order chi connectivity index (χ1) is 8.29. The number of para-hydroxylation sites is 1. The Morgan fingerprint density at radius 1 is 1.41 bits per heavy atom. The van der Waals surface area contributed by atoms with Crippen molar-refractivity contribution in [2.75, 3.05) is 23.8 Å². The Labute approximate surface area is 98.4 Å². The number of rotatable bonds is 0. The van der Waals surface area contributed by atoms with Crippen LogP contribution in [0.2, 0.25) is 0 Å². The molecule has 1 aromatic carbocycles. The number of carbonyl (C=O) groups is 1. The smallest absolute Gasteiger partial charge is 0.232 e. The third-order valence-electron chi connectivity index (χ3n) is 3.19. The Bertz CT molecular complexity index is 521. The van der Waals surface area contributed by atoms with Gasteiger partial charge in [-0.3, -0.25) is 4.79 Å². The molecule has 2 unspecified atom stereocenters. The van der Waals surface area contributed by atoms with Gasteiger partial charge in [0.1, 0.15) is 6.07 Å². The number of benzene rings is 1. The minimum absolute atomic E-state index is 0.00908. The van der Waals surface area contributed by atoms with Crippen LogP contribution in [-0.2, 0) is 9.53 Å². The first kappa shape index (κ1) is 10.1. The van der Waals surface area contributed by atoms with Gasteiger partial charge in [-0.05, 0) is 12.1 Å². The predicted molar refractivity (Wildman–Crippen MR) is 61.5 cm³/mol. The van der Waals surface area contributed by atoms with Gasteiger partial charge in [-0.15, -0.1) is 0 Å². The van der Waals surface area contributed by atoms with Gasteiger partial charge in [-0.25, -0.2) is 0 Å².